The van der Waals surface area contributed by atoms with Gasteiger partial charge in [0.2, 0.25) is 0 Å². The average molecular weight is 417 g/mol. The molecule has 1 fully saturated rings. The first-order chi connectivity index (χ1) is 14.1. The van der Waals surface area contributed by atoms with Crippen LogP contribution in [0.3, 0.4) is 0 Å². The van der Waals surface area contributed by atoms with Crippen molar-refractivity contribution in [3.63, 3.8) is 0 Å². The summed E-state index contributed by atoms with van der Waals surface area (Å²) in [4.78, 5) is 15.0. The average Bonchev–Trinajstić information content (AvgIpc) is 3.40. The largest absolute Gasteiger partial charge is 0.334 e. The van der Waals surface area contributed by atoms with Crippen LogP contribution in [-0.2, 0) is 13.1 Å². The third kappa shape index (κ3) is 4.64. The molecular formula is C20H22ClFN6O. The molecule has 1 amide bonds. The number of rotatable bonds is 6. The van der Waals surface area contributed by atoms with Crippen LogP contribution in [0.2, 0.25) is 5.02 Å². The van der Waals surface area contributed by atoms with Gasteiger partial charge < -0.3 is 4.90 Å². The van der Waals surface area contributed by atoms with E-state index in [0.717, 1.165) is 38.8 Å². The van der Waals surface area contributed by atoms with Crippen LogP contribution in [0, 0.1) is 5.82 Å². The Kier molecular flexibility index (Phi) is 5.89. The van der Waals surface area contributed by atoms with Gasteiger partial charge in [0.25, 0.3) is 5.91 Å². The van der Waals surface area contributed by atoms with Crippen molar-refractivity contribution >= 4 is 17.5 Å². The second-order valence-electron chi connectivity index (χ2n) is 7.24. The van der Waals surface area contributed by atoms with Crippen molar-refractivity contribution in [3.8, 4) is 0 Å². The highest BCUT2D eigenvalue weighted by molar-refractivity contribution is 6.31. The van der Waals surface area contributed by atoms with Gasteiger partial charge in [0.05, 0.1) is 12.7 Å². The number of halogens is 2. The Balaban J connectivity index is 1.43. The number of aromatic nitrogens is 5. The van der Waals surface area contributed by atoms with Crippen LogP contribution in [-0.4, -0.2) is 48.2 Å². The number of carbonyl (C=O) groups is 1. The topological polar surface area (TPSA) is 68.8 Å². The van der Waals surface area contributed by atoms with E-state index >= 15 is 0 Å². The third-order valence-electron chi connectivity index (χ3n) is 5.24. The molecule has 1 saturated heterocycles. The number of likely N-dealkylation sites (tertiary alicyclic amines) is 1. The number of hydrogen-bond acceptors (Lipinski definition) is 4. The summed E-state index contributed by atoms with van der Waals surface area (Å²) < 4.78 is 16.7. The number of amides is 1. The molecule has 1 atom stereocenters. The van der Waals surface area contributed by atoms with Gasteiger partial charge in [-0.2, -0.15) is 5.10 Å². The van der Waals surface area contributed by atoms with E-state index in [1.54, 1.807) is 23.1 Å². The zero-order valence-electron chi connectivity index (χ0n) is 15.9. The quantitative estimate of drug-likeness (QED) is 0.617. The Hall–Kier alpha value is -2.74. The molecule has 1 aliphatic rings. The molecule has 1 aliphatic heterocycles. The third-order valence-corrected chi connectivity index (χ3v) is 5.60. The zero-order chi connectivity index (χ0) is 20.2. The Morgan fingerprint density at radius 2 is 2.17 bits per heavy atom. The van der Waals surface area contributed by atoms with E-state index in [1.165, 1.54) is 12.1 Å². The standard InChI is InChI=1S/C20H22ClFN6O/c21-18-12-16(22)6-5-15(18)13-27-14-19(24-25-27)20(29)28-10-2-1-4-17(28)7-11-26-9-3-8-23-26/h3,5-6,8-9,12,14,17H,1-2,4,7,10-11,13H2. The Morgan fingerprint density at radius 1 is 1.28 bits per heavy atom. The molecule has 1 unspecified atom stereocenters. The normalized spacial score (nSPS) is 16.9. The number of piperidine rings is 1. The molecule has 0 aliphatic carbocycles. The van der Waals surface area contributed by atoms with Gasteiger partial charge in [-0.15, -0.1) is 5.10 Å². The highest BCUT2D eigenvalue weighted by Crippen LogP contribution is 2.22. The molecule has 0 spiro atoms. The van der Waals surface area contributed by atoms with Crippen molar-refractivity contribution in [1.29, 1.82) is 0 Å². The van der Waals surface area contributed by atoms with Crippen LogP contribution in [0.25, 0.3) is 0 Å². The maximum absolute atomic E-state index is 13.2. The van der Waals surface area contributed by atoms with Crippen molar-refractivity contribution < 1.29 is 9.18 Å². The van der Waals surface area contributed by atoms with Crippen LogP contribution in [0.1, 0.15) is 41.7 Å². The minimum absolute atomic E-state index is 0.105. The van der Waals surface area contributed by atoms with Crippen molar-refractivity contribution in [3.05, 3.63) is 65.0 Å². The van der Waals surface area contributed by atoms with Gasteiger partial charge >= 0.3 is 0 Å². The maximum Gasteiger partial charge on any atom is 0.276 e. The SMILES string of the molecule is O=C(c1cn(Cc2ccc(F)cc2Cl)nn1)N1CCCCC1CCn1cccn1. The summed E-state index contributed by atoms with van der Waals surface area (Å²) in [6.45, 7) is 1.82. The predicted molar refractivity (Wildman–Crippen MR) is 106 cm³/mol. The van der Waals surface area contributed by atoms with E-state index < -0.39 is 0 Å². The molecule has 2 aromatic heterocycles. The fourth-order valence-corrected chi connectivity index (χ4v) is 3.95. The van der Waals surface area contributed by atoms with E-state index in [9.17, 15) is 9.18 Å². The maximum atomic E-state index is 13.2. The molecule has 1 aromatic carbocycles. The fourth-order valence-electron chi connectivity index (χ4n) is 3.73. The van der Waals surface area contributed by atoms with E-state index in [2.05, 4.69) is 15.4 Å². The molecule has 29 heavy (non-hydrogen) atoms. The Morgan fingerprint density at radius 3 is 2.97 bits per heavy atom. The predicted octanol–water partition coefficient (Wildman–Crippen LogP) is 3.40. The number of aryl methyl sites for hydroxylation is 1. The van der Waals surface area contributed by atoms with Crippen LogP contribution >= 0.6 is 11.6 Å². The first kappa shape index (κ1) is 19.6. The summed E-state index contributed by atoms with van der Waals surface area (Å²) >= 11 is 6.08. The zero-order valence-corrected chi connectivity index (χ0v) is 16.7. The molecule has 3 heterocycles. The fraction of sp³-hybridized carbons (Fsp3) is 0.400. The van der Waals surface area contributed by atoms with Crippen LogP contribution < -0.4 is 0 Å². The van der Waals surface area contributed by atoms with Gasteiger partial charge in [-0.1, -0.05) is 22.9 Å². The van der Waals surface area contributed by atoms with Gasteiger partial charge in [-0.05, 0) is 49.4 Å². The van der Waals surface area contributed by atoms with Gasteiger partial charge in [0.1, 0.15) is 5.82 Å². The van der Waals surface area contributed by atoms with Crippen molar-refractivity contribution in [2.75, 3.05) is 6.54 Å². The number of carbonyl (C=O) groups excluding carboxylic acids is 1. The van der Waals surface area contributed by atoms with E-state index in [-0.39, 0.29) is 17.8 Å². The lowest BCUT2D eigenvalue weighted by molar-refractivity contribution is 0.0587. The van der Waals surface area contributed by atoms with E-state index in [4.69, 9.17) is 11.6 Å². The number of benzene rings is 1. The molecule has 7 nitrogen and oxygen atoms in total. The lowest BCUT2D eigenvalue weighted by Crippen LogP contribution is -2.44. The summed E-state index contributed by atoms with van der Waals surface area (Å²) in [7, 11) is 0. The van der Waals surface area contributed by atoms with Gasteiger partial charge in [-0.25, -0.2) is 9.07 Å². The Labute approximate surface area is 173 Å². The molecule has 3 aromatic rings. The second kappa shape index (κ2) is 8.73. The first-order valence-corrected chi connectivity index (χ1v) is 10.1. The minimum atomic E-state index is -0.389. The molecule has 0 radical (unpaired) electrons. The molecule has 0 saturated carbocycles. The van der Waals surface area contributed by atoms with E-state index in [1.807, 2.05) is 21.8 Å². The second-order valence-corrected chi connectivity index (χ2v) is 7.65. The molecule has 152 valence electrons. The molecular weight excluding hydrogens is 395 g/mol. The van der Waals surface area contributed by atoms with Crippen molar-refractivity contribution in [2.45, 2.75) is 44.8 Å². The number of hydrogen-bond donors (Lipinski definition) is 0. The molecule has 0 N–H and O–H groups in total. The van der Waals surface area contributed by atoms with Crippen molar-refractivity contribution in [1.82, 2.24) is 29.7 Å². The summed E-state index contributed by atoms with van der Waals surface area (Å²) in [5, 5.41) is 12.7. The highest BCUT2D eigenvalue weighted by atomic mass is 35.5. The van der Waals surface area contributed by atoms with Crippen LogP contribution in [0.15, 0.2) is 42.9 Å². The summed E-state index contributed by atoms with van der Waals surface area (Å²) in [5.74, 6) is -0.494. The molecule has 4 rings (SSSR count). The van der Waals surface area contributed by atoms with Crippen molar-refractivity contribution in [2.24, 2.45) is 0 Å². The lowest BCUT2D eigenvalue weighted by atomic mass is 9.99. The molecule has 9 heteroatoms. The highest BCUT2D eigenvalue weighted by Gasteiger charge is 2.29. The summed E-state index contributed by atoms with van der Waals surface area (Å²) in [6.07, 6.45) is 9.25. The first-order valence-electron chi connectivity index (χ1n) is 9.72. The van der Waals surface area contributed by atoms with E-state index in [0.29, 0.717) is 22.8 Å². The lowest BCUT2D eigenvalue weighted by Gasteiger charge is -2.35. The number of nitrogens with zero attached hydrogens (tertiary/aromatic N) is 6. The summed E-state index contributed by atoms with van der Waals surface area (Å²) in [6, 6.07) is 6.28. The van der Waals surface area contributed by atoms with Crippen LogP contribution in [0.4, 0.5) is 4.39 Å². The smallest absolute Gasteiger partial charge is 0.276 e. The molecule has 0 bridgehead atoms. The Bertz CT molecular complexity index is 973. The van der Waals surface area contributed by atoms with Gasteiger partial charge in [-0.3, -0.25) is 9.48 Å². The van der Waals surface area contributed by atoms with Gasteiger partial charge in [0.15, 0.2) is 5.69 Å². The monoisotopic (exact) mass is 416 g/mol. The van der Waals surface area contributed by atoms with Gasteiger partial charge in [0, 0.05) is 36.5 Å². The summed E-state index contributed by atoms with van der Waals surface area (Å²) in [5.41, 5.74) is 1.03. The minimum Gasteiger partial charge on any atom is -0.334 e. The van der Waals surface area contributed by atoms with Crippen LogP contribution in [0.5, 0.6) is 0 Å².